The quantitative estimate of drug-likeness (QED) is 0.833. The number of aromatic hydroxyl groups is 1. The number of nitrogens with one attached hydrogen (secondary N) is 1. The lowest BCUT2D eigenvalue weighted by Crippen LogP contribution is -2.30. The van der Waals surface area contributed by atoms with Gasteiger partial charge < -0.3 is 10.4 Å². The standard InChI is InChI=1S/C15H9ClF3NO3/c16-8-5-6-11(20-14(23)15(17,18)19)10(7-8)13(22)9-3-1-2-4-12(9)21/h1-7,21H,(H,20,23). The number of carbonyl (C=O) groups is 2. The van der Waals surface area contributed by atoms with Crippen LogP contribution in [0.4, 0.5) is 18.9 Å². The van der Waals surface area contributed by atoms with Crippen molar-refractivity contribution >= 4 is 29.0 Å². The van der Waals surface area contributed by atoms with E-state index in [4.69, 9.17) is 11.6 Å². The molecule has 0 radical (unpaired) electrons. The predicted molar refractivity (Wildman–Crippen MR) is 77.7 cm³/mol. The van der Waals surface area contributed by atoms with E-state index in [0.29, 0.717) is 0 Å². The fourth-order valence-corrected chi connectivity index (χ4v) is 1.99. The van der Waals surface area contributed by atoms with Gasteiger partial charge in [-0.15, -0.1) is 0 Å². The van der Waals surface area contributed by atoms with E-state index >= 15 is 0 Å². The van der Waals surface area contributed by atoms with Gasteiger partial charge in [-0.25, -0.2) is 0 Å². The molecule has 0 fully saturated rings. The van der Waals surface area contributed by atoms with Gasteiger partial charge in [0.05, 0.1) is 11.3 Å². The predicted octanol–water partition coefficient (Wildman–Crippen LogP) is 3.78. The highest BCUT2D eigenvalue weighted by atomic mass is 35.5. The van der Waals surface area contributed by atoms with Crippen LogP contribution in [-0.4, -0.2) is 23.0 Å². The second-order valence-electron chi connectivity index (χ2n) is 4.49. The van der Waals surface area contributed by atoms with Gasteiger partial charge in [0, 0.05) is 10.6 Å². The monoisotopic (exact) mass is 343 g/mol. The molecule has 0 atom stereocenters. The van der Waals surface area contributed by atoms with Crippen LogP contribution in [0.2, 0.25) is 5.02 Å². The summed E-state index contributed by atoms with van der Waals surface area (Å²) in [6, 6.07) is 8.94. The summed E-state index contributed by atoms with van der Waals surface area (Å²) in [5.41, 5.74) is -0.751. The fraction of sp³-hybridized carbons (Fsp3) is 0.0667. The molecule has 0 saturated heterocycles. The molecule has 2 rings (SSSR count). The van der Waals surface area contributed by atoms with Gasteiger partial charge in [-0.2, -0.15) is 13.2 Å². The highest BCUT2D eigenvalue weighted by Crippen LogP contribution is 2.28. The first-order valence-corrected chi connectivity index (χ1v) is 6.58. The van der Waals surface area contributed by atoms with Gasteiger partial charge in [0.2, 0.25) is 0 Å². The number of ketones is 1. The number of alkyl halides is 3. The van der Waals surface area contributed by atoms with Gasteiger partial charge >= 0.3 is 12.1 Å². The second-order valence-corrected chi connectivity index (χ2v) is 4.92. The van der Waals surface area contributed by atoms with E-state index in [2.05, 4.69) is 0 Å². The van der Waals surface area contributed by atoms with Crippen LogP contribution in [0.5, 0.6) is 5.75 Å². The normalized spacial score (nSPS) is 11.1. The molecule has 23 heavy (non-hydrogen) atoms. The van der Waals surface area contributed by atoms with Crippen LogP contribution in [0, 0.1) is 0 Å². The fourth-order valence-electron chi connectivity index (χ4n) is 1.82. The van der Waals surface area contributed by atoms with Crippen molar-refractivity contribution < 1.29 is 27.9 Å². The Hall–Kier alpha value is -2.54. The summed E-state index contributed by atoms with van der Waals surface area (Å²) < 4.78 is 37.1. The van der Waals surface area contributed by atoms with Crippen LogP contribution in [0.1, 0.15) is 15.9 Å². The molecule has 1 amide bonds. The first-order valence-electron chi connectivity index (χ1n) is 6.20. The van der Waals surface area contributed by atoms with Gasteiger partial charge in [0.1, 0.15) is 5.75 Å². The first-order chi connectivity index (χ1) is 10.7. The zero-order valence-corrected chi connectivity index (χ0v) is 12.1. The first kappa shape index (κ1) is 16.8. The van der Waals surface area contributed by atoms with E-state index in [1.807, 2.05) is 0 Å². The minimum atomic E-state index is -5.10. The molecule has 0 aliphatic rings. The maximum Gasteiger partial charge on any atom is 0.471 e. The molecule has 0 bridgehead atoms. The molecule has 0 saturated carbocycles. The van der Waals surface area contributed by atoms with Crippen molar-refractivity contribution in [3.8, 4) is 5.75 Å². The number of hydrogen-bond donors (Lipinski definition) is 2. The van der Waals surface area contributed by atoms with Gasteiger partial charge in [-0.05, 0) is 30.3 Å². The highest BCUT2D eigenvalue weighted by Gasteiger charge is 2.39. The van der Waals surface area contributed by atoms with Crippen molar-refractivity contribution in [1.29, 1.82) is 0 Å². The highest BCUT2D eigenvalue weighted by molar-refractivity contribution is 6.31. The summed E-state index contributed by atoms with van der Waals surface area (Å²) in [5, 5.41) is 11.4. The van der Waals surface area contributed by atoms with E-state index in [1.54, 1.807) is 5.32 Å². The molecule has 0 aliphatic heterocycles. The summed E-state index contributed by atoms with van der Waals surface area (Å²) in [7, 11) is 0. The number of benzene rings is 2. The second kappa shape index (κ2) is 6.29. The van der Waals surface area contributed by atoms with Crippen molar-refractivity contribution in [2.75, 3.05) is 5.32 Å². The van der Waals surface area contributed by atoms with E-state index in [1.165, 1.54) is 30.3 Å². The Balaban J connectivity index is 2.46. The third kappa shape index (κ3) is 3.81. The van der Waals surface area contributed by atoms with Crippen molar-refractivity contribution in [2.45, 2.75) is 6.18 Å². The molecule has 0 unspecified atom stereocenters. The SMILES string of the molecule is O=C(c1ccccc1O)c1cc(Cl)ccc1NC(=O)C(F)(F)F. The number of phenols is 1. The maximum absolute atomic E-state index is 12.4. The molecular weight excluding hydrogens is 335 g/mol. The summed E-state index contributed by atoms with van der Waals surface area (Å²) >= 11 is 5.76. The molecule has 0 aromatic heterocycles. The zero-order valence-electron chi connectivity index (χ0n) is 11.3. The van der Waals surface area contributed by atoms with Gasteiger partial charge in [-0.1, -0.05) is 23.7 Å². The van der Waals surface area contributed by atoms with Crippen LogP contribution in [-0.2, 0) is 4.79 Å². The van der Waals surface area contributed by atoms with Crippen LogP contribution < -0.4 is 5.32 Å². The Kier molecular flexibility index (Phi) is 4.60. The van der Waals surface area contributed by atoms with E-state index in [0.717, 1.165) is 12.1 Å². The number of para-hydroxylation sites is 1. The van der Waals surface area contributed by atoms with Crippen LogP contribution in [0.25, 0.3) is 0 Å². The number of amides is 1. The lowest BCUT2D eigenvalue weighted by Gasteiger charge is -2.13. The smallest absolute Gasteiger partial charge is 0.471 e. The average Bonchev–Trinajstić information content (AvgIpc) is 2.48. The summed E-state index contributed by atoms with van der Waals surface area (Å²) in [6.45, 7) is 0. The Morgan fingerprint density at radius 2 is 1.70 bits per heavy atom. The molecule has 8 heteroatoms. The number of phenolic OH excluding ortho intramolecular Hbond substituents is 1. The maximum atomic E-state index is 12.4. The molecule has 0 heterocycles. The number of halogens is 4. The Morgan fingerprint density at radius 3 is 2.30 bits per heavy atom. The summed E-state index contributed by atoms with van der Waals surface area (Å²) in [5.74, 6) is -3.33. The van der Waals surface area contributed by atoms with Gasteiger partial charge in [0.25, 0.3) is 0 Å². The topological polar surface area (TPSA) is 66.4 Å². The molecule has 2 aromatic rings. The van der Waals surface area contributed by atoms with Crippen LogP contribution >= 0.6 is 11.6 Å². The van der Waals surface area contributed by atoms with Crippen molar-refractivity contribution in [3.05, 3.63) is 58.6 Å². The molecule has 2 N–H and O–H groups in total. The summed E-state index contributed by atoms with van der Waals surface area (Å²) in [6.07, 6.45) is -5.10. The van der Waals surface area contributed by atoms with Crippen molar-refractivity contribution in [1.82, 2.24) is 0 Å². The van der Waals surface area contributed by atoms with Crippen LogP contribution in [0.3, 0.4) is 0 Å². The molecule has 0 aliphatic carbocycles. The zero-order chi connectivity index (χ0) is 17.2. The molecule has 2 aromatic carbocycles. The largest absolute Gasteiger partial charge is 0.507 e. The van der Waals surface area contributed by atoms with Gasteiger partial charge in [-0.3, -0.25) is 9.59 Å². The Labute approximate surface area is 133 Å². The van der Waals surface area contributed by atoms with Crippen molar-refractivity contribution in [2.24, 2.45) is 0 Å². The molecular formula is C15H9ClF3NO3. The third-order valence-corrected chi connectivity index (χ3v) is 3.12. The Morgan fingerprint density at radius 1 is 1.04 bits per heavy atom. The number of carbonyl (C=O) groups excluding carboxylic acids is 2. The van der Waals surface area contributed by atoms with E-state index < -0.39 is 17.9 Å². The van der Waals surface area contributed by atoms with Crippen LogP contribution in [0.15, 0.2) is 42.5 Å². The minimum absolute atomic E-state index is 0.0915. The number of rotatable bonds is 3. The average molecular weight is 344 g/mol. The van der Waals surface area contributed by atoms with Crippen molar-refractivity contribution in [3.63, 3.8) is 0 Å². The van der Waals surface area contributed by atoms with Gasteiger partial charge in [0.15, 0.2) is 5.78 Å². The van der Waals surface area contributed by atoms with E-state index in [9.17, 15) is 27.9 Å². The molecule has 120 valence electrons. The minimum Gasteiger partial charge on any atom is -0.507 e. The van der Waals surface area contributed by atoms with E-state index in [-0.39, 0.29) is 27.6 Å². The molecule has 0 spiro atoms. The number of anilines is 1. The number of hydrogen-bond acceptors (Lipinski definition) is 3. The Bertz CT molecular complexity index is 775. The molecule has 4 nitrogen and oxygen atoms in total. The summed E-state index contributed by atoms with van der Waals surface area (Å²) in [4.78, 5) is 23.5. The lowest BCUT2D eigenvalue weighted by atomic mass is 10.0. The lowest BCUT2D eigenvalue weighted by molar-refractivity contribution is -0.167. The third-order valence-electron chi connectivity index (χ3n) is 2.88.